The highest BCUT2D eigenvalue weighted by atomic mass is 32.2. The molecule has 1 aromatic rings. The van der Waals surface area contributed by atoms with Gasteiger partial charge in [-0.3, -0.25) is 9.59 Å². The first-order valence-corrected chi connectivity index (χ1v) is 11.1. The van der Waals surface area contributed by atoms with Crippen molar-refractivity contribution in [1.29, 1.82) is 0 Å². The van der Waals surface area contributed by atoms with Gasteiger partial charge in [0.2, 0.25) is 10.0 Å². The third-order valence-corrected chi connectivity index (χ3v) is 5.73. The predicted molar refractivity (Wildman–Crippen MR) is 108 cm³/mol. The van der Waals surface area contributed by atoms with E-state index in [1.807, 2.05) is 13.0 Å². The van der Waals surface area contributed by atoms with E-state index >= 15 is 0 Å². The van der Waals surface area contributed by atoms with Gasteiger partial charge in [0.05, 0.1) is 0 Å². The number of rotatable bonds is 9. The number of ether oxygens (including phenoxy) is 1. The van der Waals surface area contributed by atoms with Crippen molar-refractivity contribution in [1.82, 2.24) is 9.62 Å². The van der Waals surface area contributed by atoms with Crippen molar-refractivity contribution in [3.8, 4) is 0 Å². The summed E-state index contributed by atoms with van der Waals surface area (Å²) < 4.78 is 31.0. The van der Waals surface area contributed by atoms with E-state index in [1.165, 1.54) is 12.5 Å². The Bertz CT molecular complexity index is 771. The maximum atomic E-state index is 12.3. The molecular formula is C20H28N2O5S. The maximum absolute atomic E-state index is 12.3. The van der Waals surface area contributed by atoms with E-state index in [2.05, 4.69) is 4.72 Å². The molecule has 7 nitrogen and oxygen atoms in total. The molecule has 1 saturated carbocycles. The molecule has 0 bridgehead atoms. The van der Waals surface area contributed by atoms with Crippen molar-refractivity contribution < 1.29 is 22.7 Å². The summed E-state index contributed by atoms with van der Waals surface area (Å²) in [7, 11) is -3.78. The van der Waals surface area contributed by atoms with E-state index in [1.54, 1.807) is 29.2 Å². The second kappa shape index (κ2) is 11.0. The van der Waals surface area contributed by atoms with Gasteiger partial charge in [-0.25, -0.2) is 13.1 Å². The number of sulfonamides is 1. The number of nitrogens with zero attached hydrogens (tertiary/aromatic N) is 1. The molecule has 154 valence electrons. The van der Waals surface area contributed by atoms with Crippen LogP contribution in [0.5, 0.6) is 0 Å². The fourth-order valence-corrected chi connectivity index (χ4v) is 4.00. The highest BCUT2D eigenvalue weighted by molar-refractivity contribution is 7.92. The average Bonchev–Trinajstić information content (AvgIpc) is 2.71. The molecule has 28 heavy (non-hydrogen) atoms. The highest BCUT2D eigenvalue weighted by Gasteiger charge is 2.24. The summed E-state index contributed by atoms with van der Waals surface area (Å²) in [4.78, 5) is 25.9. The fourth-order valence-electron chi connectivity index (χ4n) is 3.25. The van der Waals surface area contributed by atoms with Crippen LogP contribution in [0.3, 0.4) is 0 Å². The van der Waals surface area contributed by atoms with E-state index in [0.29, 0.717) is 6.54 Å². The van der Waals surface area contributed by atoms with Crippen LogP contribution in [0.25, 0.3) is 6.08 Å². The molecule has 1 aliphatic carbocycles. The number of carbonyl (C=O) groups is 2. The Kier molecular flexibility index (Phi) is 8.66. The van der Waals surface area contributed by atoms with Crippen LogP contribution >= 0.6 is 0 Å². The van der Waals surface area contributed by atoms with Gasteiger partial charge in [0.25, 0.3) is 5.91 Å². The van der Waals surface area contributed by atoms with Crippen molar-refractivity contribution in [2.75, 3.05) is 19.7 Å². The molecule has 8 heteroatoms. The van der Waals surface area contributed by atoms with E-state index in [4.69, 9.17) is 4.74 Å². The minimum absolute atomic E-state index is 0.201. The van der Waals surface area contributed by atoms with Gasteiger partial charge in [0, 0.05) is 18.0 Å². The molecule has 0 unspecified atom stereocenters. The molecule has 0 radical (unpaired) electrons. The van der Waals surface area contributed by atoms with E-state index in [9.17, 15) is 18.0 Å². The molecule has 1 aliphatic rings. The van der Waals surface area contributed by atoms with E-state index < -0.39 is 22.5 Å². The number of hydrogen-bond donors (Lipinski definition) is 1. The van der Waals surface area contributed by atoms with Crippen LogP contribution in [-0.2, 0) is 24.3 Å². The van der Waals surface area contributed by atoms with Crippen molar-refractivity contribution in [2.24, 2.45) is 0 Å². The van der Waals surface area contributed by atoms with Gasteiger partial charge in [-0.2, -0.15) is 0 Å². The Morgan fingerprint density at radius 1 is 1.18 bits per heavy atom. The molecule has 1 fully saturated rings. The Hall–Kier alpha value is -2.19. The first-order valence-electron chi connectivity index (χ1n) is 9.59. The summed E-state index contributed by atoms with van der Waals surface area (Å²) in [6.45, 7) is 1.58. The van der Waals surface area contributed by atoms with E-state index in [-0.39, 0.29) is 18.6 Å². The smallest absolute Gasteiger partial charge is 0.321 e. The van der Waals surface area contributed by atoms with Crippen LogP contribution in [0.1, 0.15) is 44.6 Å². The van der Waals surface area contributed by atoms with Crippen molar-refractivity contribution in [2.45, 2.75) is 45.1 Å². The van der Waals surface area contributed by atoms with Crippen molar-refractivity contribution in [3.63, 3.8) is 0 Å². The topological polar surface area (TPSA) is 92.8 Å². The summed E-state index contributed by atoms with van der Waals surface area (Å²) in [5.74, 6) is -1.03. The normalized spacial score (nSPS) is 15.5. The molecule has 0 aliphatic heterocycles. The molecule has 0 atom stereocenters. The number of benzene rings is 1. The van der Waals surface area contributed by atoms with Crippen LogP contribution in [-0.4, -0.2) is 50.9 Å². The van der Waals surface area contributed by atoms with Gasteiger partial charge in [-0.1, -0.05) is 49.6 Å². The number of likely N-dealkylation sites (N-methyl/N-ethyl adjacent to an activating group) is 1. The minimum Gasteiger partial charge on any atom is -0.455 e. The van der Waals surface area contributed by atoms with Crippen LogP contribution in [0, 0.1) is 0 Å². The summed E-state index contributed by atoms with van der Waals surface area (Å²) in [5, 5.41) is 0.989. The van der Waals surface area contributed by atoms with Gasteiger partial charge in [0.15, 0.2) is 6.61 Å². The van der Waals surface area contributed by atoms with Crippen LogP contribution in [0.4, 0.5) is 0 Å². The fraction of sp³-hybridized carbons (Fsp3) is 0.500. The maximum Gasteiger partial charge on any atom is 0.321 e. The van der Waals surface area contributed by atoms with Gasteiger partial charge in [0.1, 0.15) is 6.54 Å². The zero-order valence-electron chi connectivity index (χ0n) is 16.2. The standard InChI is InChI=1S/C20H28N2O5S/c1-2-22(18-11-7-4-8-12-18)19(23)16-27-20(24)15-21-28(25,26)14-13-17-9-5-3-6-10-17/h3,5-6,9-10,13-14,18,21H,2,4,7-8,11-12,15-16H2,1H3/b14-13+. The van der Waals surface area contributed by atoms with E-state index in [0.717, 1.165) is 36.7 Å². The van der Waals surface area contributed by atoms with Crippen LogP contribution in [0.15, 0.2) is 35.7 Å². The lowest BCUT2D eigenvalue weighted by atomic mass is 9.94. The second-order valence-electron chi connectivity index (χ2n) is 6.71. The Labute approximate surface area is 166 Å². The molecule has 0 aromatic heterocycles. The quantitative estimate of drug-likeness (QED) is 0.633. The number of hydrogen-bond acceptors (Lipinski definition) is 5. The summed E-state index contributed by atoms with van der Waals surface area (Å²) in [6.07, 6.45) is 6.78. The van der Waals surface area contributed by atoms with Gasteiger partial charge >= 0.3 is 5.97 Å². The second-order valence-corrected chi connectivity index (χ2v) is 8.36. The first-order chi connectivity index (χ1) is 13.4. The van der Waals surface area contributed by atoms with Crippen molar-refractivity contribution in [3.05, 3.63) is 41.3 Å². The largest absolute Gasteiger partial charge is 0.455 e. The number of esters is 1. The summed E-state index contributed by atoms with van der Waals surface area (Å²) >= 11 is 0. The molecule has 0 saturated heterocycles. The van der Waals surface area contributed by atoms with Crippen LogP contribution < -0.4 is 4.72 Å². The van der Waals surface area contributed by atoms with Gasteiger partial charge < -0.3 is 9.64 Å². The molecule has 1 amide bonds. The third kappa shape index (κ3) is 7.44. The van der Waals surface area contributed by atoms with Crippen molar-refractivity contribution >= 4 is 28.0 Å². The minimum atomic E-state index is -3.78. The Morgan fingerprint density at radius 2 is 1.86 bits per heavy atom. The molecule has 2 rings (SSSR count). The summed E-state index contributed by atoms with van der Waals surface area (Å²) in [5.41, 5.74) is 0.725. The summed E-state index contributed by atoms with van der Waals surface area (Å²) in [6, 6.07) is 9.14. The predicted octanol–water partition coefficient (Wildman–Crippen LogP) is 2.30. The zero-order chi connectivity index (χ0) is 20.4. The number of nitrogens with one attached hydrogen (secondary N) is 1. The lowest BCUT2D eigenvalue weighted by Gasteiger charge is -2.33. The molecule has 0 heterocycles. The van der Waals surface area contributed by atoms with Crippen LogP contribution in [0.2, 0.25) is 0 Å². The lowest BCUT2D eigenvalue weighted by Crippen LogP contribution is -2.43. The lowest BCUT2D eigenvalue weighted by molar-refractivity contribution is -0.152. The Morgan fingerprint density at radius 3 is 2.50 bits per heavy atom. The molecular weight excluding hydrogens is 380 g/mol. The number of amides is 1. The highest BCUT2D eigenvalue weighted by Crippen LogP contribution is 2.22. The third-order valence-electron chi connectivity index (χ3n) is 4.69. The average molecular weight is 409 g/mol. The number of carbonyl (C=O) groups excluding carboxylic acids is 2. The SMILES string of the molecule is CCN(C(=O)COC(=O)CNS(=O)(=O)/C=C/c1ccccc1)C1CCCCC1. The van der Waals surface area contributed by atoms with Gasteiger partial charge in [-0.05, 0) is 31.4 Å². The zero-order valence-corrected chi connectivity index (χ0v) is 17.0. The molecule has 1 N–H and O–H groups in total. The Balaban J connectivity index is 1.76. The monoisotopic (exact) mass is 408 g/mol. The first kappa shape index (κ1) is 22.1. The molecule has 1 aromatic carbocycles. The van der Waals surface area contributed by atoms with Gasteiger partial charge in [-0.15, -0.1) is 0 Å². The molecule has 0 spiro atoms.